The molecule has 2 unspecified atom stereocenters. The van der Waals surface area contributed by atoms with Crippen LogP contribution in [0, 0.1) is 0 Å². The SMILES string of the molecule is COC1CCCC(NCCc2ccccc2)C1. The summed E-state index contributed by atoms with van der Waals surface area (Å²) in [6.07, 6.45) is 6.59. The van der Waals surface area contributed by atoms with Crippen LogP contribution in [0.2, 0.25) is 0 Å². The van der Waals surface area contributed by atoms with Crippen LogP contribution in [0.5, 0.6) is 0 Å². The molecule has 2 heteroatoms. The van der Waals surface area contributed by atoms with Crippen molar-refractivity contribution in [2.45, 2.75) is 44.2 Å². The van der Waals surface area contributed by atoms with Crippen LogP contribution in [0.3, 0.4) is 0 Å². The van der Waals surface area contributed by atoms with Crippen molar-refractivity contribution in [2.24, 2.45) is 0 Å². The molecule has 0 aliphatic heterocycles. The Morgan fingerprint density at radius 2 is 2.06 bits per heavy atom. The van der Waals surface area contributed by atoms with E-state index in [4.69, 9.17) is 4.74 Å². The van der Waals surface area contributed by atoms with Gasteiger partial charge in [-0.2, -0.15) is 0 Å². The fraction of sp³-hybridized carbons (Fsp3) is 0.600. The molecular weight excluding hydrogens is 210 g/mol. The van der Waals surface area contributed by atoms with Gasteiger partial charge in [0.1, 0.15) is 0 Å². The minimum Gasteiger partial charge on any atom is -0.381 e. The van der Waals surface area contributed by atoms with Crippen molar-refractivity contribution < 1.29 is 4.74 Å². The highest BCUT2D eigenvalue weighted by atomic mass is 16.5. The van der Waals surface area contributed by atoms with Gasteiger partial charge in [-0.25, -0.2) is 0 Å². The maximum Gasteiger partial charge on any atom is 0.0586 e. The summed E-state index contributed by atoms with van der Waals surface area (Å²) in [4.78, 5) is 0. The molecule has 2 nitrogen and oxygen atoms in total. The molecule has 1 aromatic rings. The summed E-state index contributed by atoms with van der Waals surface area (Å²) in [5.74, 6) is 0. The molecule has 2 atom stereocenters. The van der Waals surface area contributed by atoms with E-state index in [-0.39, 0.29) is 0 Å². The summed E-state index contributed by atoms with van der Waals surface area (Å²) >= 11 is 0. The maximum absolute atomic E-state index is 5.45. The van der Waals surface area contributed by atoms with Crippen LogP contribution in [-0.4, -0.2) is 25.8 Å². The average molecular weight is 233 g/mol. The number of hydrogen-bond acceptors (Lipinski definition) is 2. The Bertz CT molecular complexity index is 312. The van der Waals surface area contributed by atoms with E-state index in [0.717, 1.165) is 13.0 Å². The lowest BCUT2D eigenvalue weighted by atomic mass is 9.93. The van der Waals surface area contributed by atoms with E-state index in [1.54, 1.807) is 0 Å². The van der Waals surface area contributed by atoms with E-state index in [1.807, 2.05) is 7.11 Å². The van der Waals surface area contributed by atoms with Gasteiger partial charge in [0.25, 0.3) is 0 Å². The normalized spacial score (nSPS) is 24.8. The molecular formula is C15H23NO. The molecule has 1 saturated carbocycles. The predicted molar refractivity (Wildman–Crippen MR) is 71.2 cm³/mol. The van der Waals surface area contributed by atoms with E-state index in [9.17, 15) is 0 Å². The zero-order valence-electron chi connectivity index (χ0n) is 10.7. The van der Waals surface area contributed by atoms with Crippen LogP contribution in [0.1, 0.15) is 31.2 Å². The van der Waals surface area contributed by atoms with Crippen LogP contribution < -0.4 is 5.32 Å². The number of benzene rings is 1. The highest BCUT2D eigenvalue weighted by Crippen LogP contribution is 2.20. The average Bonchev–Trinajstić information content (AvgIpc) is 2.40. The summed E-state index contributed by atoms with van der Waals surface area (Å²) in [5, 5.41) is 3.65. The molecule has 1 fully saturated rings. The van der Waals surface area contributed by atoms with E-state index in [1.165, 1.54) is 31.2 Å². The van der Waals surface area contributed by atoms with E-state index >= 15 is 0 Å². The summed E-state index contributed by atoms with van der Waals surface area (Å²) in [5.41, 5.74) is 1.42. The molecule has 1 aliphatic rings. The quantitative estimate of drug-likeness (QED) is 0.844. The molecule has 1 N–H and O–H groups in total. The highest BCUT2D eigenvalue weighted by Gasteiger charge is 2.20. The zero-order chi connectivity index (χ0) is 11.9. The van der Waals surface area contributed by atoms with E-state index in [2.05, 4.69) is 35.6 Å². The molecule has 0 amide bonds. The van der Waals surface area contributed by atoms with Gasteiger partial charge in [-0.05, 0) is 44.2 Å². The molecule has 94 valence electrons. The van der Waals surface area contributed by atoms with Crippen molar-refractivity contribution in [3.05, 3.63) is 35.9 Å². The Morgan fingerprint density at radius 3 is 2.82 bits per heavy atom. The molecule has 0 saturated heterocycles. The lowest BCUT2D eigenvalue weighted by Gasteiger charge is -2.29. The predicted octanol–water partition coefficient (Wildman–Crippen LogP) is 2.78. The van der Waals surface area contributed by atoms with Gasteiger partial charge in [-0.15, -0.1) is 0 Å². The van der Waals surface area contributed by atoms with Crippen molar-refractivity contribution in [3.63, 3.8) is 0 Å². The molecule has 0 spiro atoms. The standard InChI is InChI=1S/C15H23NO/c1-17-15-9-5-8-14(12-15)16-11-10-13-6-3-2-4-7-13/h2-4,6-7,14-16H,5,8-12H2,1H3. The Balaban J connectivity index is 1.68. The number of ether oxygens (including phenoxy) is 1. The third kappa shape index (κ3) is 4.14. The summed E-state index contributed by atoms with van der Waals surface area (Å²) in [6, 6.07) is 11.3. The molecule has 1 aromatic carbocycles. The fourth-order valence-corrected chi connectivity index (χ4v) is 2.61. The Kier molecular flexibility index (Phi) is 5.02. The smallest absolute Gasteiger partial charge is 0.0586 e. The van der Waals surface area contributed by atoms with Gasteiger partial charge in [0.05, 0.1) is 6.10 Å². The van der Waals surface area contributed by atoms with Crippen LogP contribution >= 0.6 is 0 Å². The topological polar surface area (TPSA) is 21.3 Å². The van der Waals surface area contributed by atoms with Crippen molar-refractivity contribution in [3.8, 4) is 0 Å². The second-order valence-electron chi connectivity index (χ2n) is 4.91. The van der Waals surface area contributed by atoms with Crippen molar-refractivity contribution in [1.29, 1.82) is 0 Å². The van der Waals surface area contributed by atoms with Gasteiger partial charge in [0.2, 0.25) is 0 Å². The van der Waals surface area contributed by atoms with E-state index < -0.39 is 0 Å². The number of methoxy groups -OCH3 is 1. The monoisotopic (exact) mass is 233 g/mol. The molecule has 0 bridgehead atoms. The van der Waals surface area contributed by atoms with Crippen LogP contribution in [0.25, 0.3) is 0 Å². The van der Waals surface area contributed by atoms with Gasteiger partial charge < -0.3 is 10.1 Å². The number of rotatable bonds is 5. The largest absolute Gasteiger partial charge is 0.381 e. The van der Waals surface area contributed by atoms with Gasteiger partial charge in [-0.3, -0.25) is 0 Å². The molecule has 2 rings (SSSR count). The minimum absolute atomic E-state index is 0.470. The Labute approximate surface area is 104 Å². The van der Waals surface area contributed by atoms with Gasteiger partial charge in [-0.1, -0.05) is 30.3 Å². The number of hydrogen-bond donors (Lipinski definition) is 1. The molecule has 0 radical (unpaired) electrons. The van der Waals surface area contributed by atoms with Crippen molar-refractivity contribution in [1.82, 2.24) is 5.32 Å². The summed E-state index contributed by atoms with van der Waals surface area (Å²) in [6.45, 7) is 1.07. The second kappa shape index (κ2) is 6.77. The van der Waals surface area contributed by atoms with Gasteiger partial charge in [0, 0.05) is 13.2 Å². The fourth-order valence-electron chi connectivity index (χ4n) is 2.61. The third-order valence-corrected chi connectivity index (χ3v) is 3.65. The first-order valence-corrected chi connectivity index (χ1v) is 6.68. The van der Waals surface area contributed by atoms with Crippen LogP contribution in [0.4, 0.5) is 0 Å². The van der Waals surface area contributed by atoms with Crippen LogP contribution in [-0.2, 0) is 11.2 Å². The highest BCUT2D eigenvalue weighted by molar-refractivity contribution is 5.14. The lowest BCUT2D eigenvalue weighted by molar-refractivity contribution is 0.0590. The molecule has 17 heavy (non-hydrogen) atoms. The van der Waals surface area contributed by atoms with Gasteiger partial charge >= 0.3 is 0 Å². The second-order valence-corrected chi connectivity index (χ2v) is 4.91. The Hall–Kier alpha value is -0.860. The third-order valence-electron chi connectivity index (χ3n) is 3.65. The minimum atomic E-state index is 0.470. The summed E-state index contributed by atoms with van der Waals surface area (Å²) < 4.78 is 5.45. The maximum atomic E-state index is 5.45. The molecule has 0 heterocycles. The first kappa shape index (κ1) is 12.6. The van der Waals surface area contributed by atoms with Gasteiger partial charge in [0.15, 0.2) is 0 Å². The lowest BCUT2D eigenvalue weighted by Crippen LogP contribution is -2.37. The van der Waals surface area contributed by atoms with Crippen molar-refractivity contribution in [2.75, 3.05) is 13.7 Å². The summed E-state index contributed by atoms with van der Waals surface area (Å²) in [7, 11) is 1.83. The zero-order valence-corrected chi connectivity index (χ0v) is 10.7. The van der Waals surface area contributed by atoms with E-state index in [0.29, 0.717) is 12.1 Å². The first-order valence-electron chi connectivity index (χ1n) is 6.68. The van der Waals surface area contributed by atoms with Crippen molar-refractivity contribution >= 4 is 0 Å². The van der Waals surface area contributed by atoms with Crippen LogP contribution in [0.15, 0.2) is 30.3 Å². The Morgan fingerprint density at radius 1 is 1.24 bits per heavy atom. The molecule has 0 aromatic heterocycles. The molecule has 1 aliphatic carbocycles. The number of nitrogens with one attached hydrogen (secondary N) is 1. The first-order chi connectivity index (χ1) is 8.38.